The lowest BCUT2D eigenvalue weighted by Crippen LogP contribution is -1.98. The fraction of sp³-hybridized carbons (Fsp3) is 0.400. The number of hydrogen-bond acceptors (Lipinski definition) is 1. The molecule has 0 aliphatic rings. The molecule has 0 amide bonds. The minimum Gasteiger partial charge on any atom is -0.344 e. The van der Waals surface area contributed by atoms with Crippen LogP contribution in [0.1, 0.15) is 50.7 Å². The lowest BCUT2D eigenvalue weighted by Gasteiger charge is -2.15. The fourth-order valence-corrected chi connectivity index (χ4v) is 2.77. The molecule has 1 heteroatoms. The molecule has 0 bridgehead atoms. The lowest BCUT2D eigenvalue weighted by molar-refractivity contribution is 0.759. The first kappa shape index (κ1) is 17.5. The van der Waals surface area contributed by atoms with Crippen LogP contribution in [0.2, 0.25) is 0 Å². The molecule has 114 valence electrons. The van der Waals surface area contributed by atoms with Crippen molar-refractivity contribution in [2.75, 3.05) is 0 Å². The van der Waals surface area contributed by atoms with E-state index < -0.39 is 0 Å². The maximum atomic E-state index is 2.33. The minimum absolute atomic E-state index is 0. The maximum Gasteiger partial charge on any atom is -0.0149 e. The molecule has 0 aromatic heterocycles. The molecule has 0 aliphatic carbocycles. The molecular formula is C20H29N. The van der Waals surface area contributed by atoms with Gasteiger partial charge in [-0.15, -0.1) is 0 Å². The molecule has 0 atom stereocenters. The Morgan fingerprint density at radius 1 is 0.714 bits per heavy atom. The van der Waals surface area contributed by atoms with Crippen LogP contribution in [0.5, 0.6) is 0 Å². The zero-order valence-electron chi connectivity index (χ0n) is 13.6. The van der Waals surface area contributed by atoms with E-state index in [2.05, 4.69) is 62.4 Å². The van der Waals surface area contributed by atoms with Crippen LogP contribution in [0, 0.1) is 0 Å². The van der Waals surface area contributed by atoms with Gasteiger partial charge in [-0.05, 0) is 47.9 Å². The first-order chi connectivity index (χ1) is 9.86. The summed E-state index contributed by atoms with van der Waals surface area (Å²) in [5, 5.41) is 0. The Morgan fingerprint density at radius 3 is 2.05 bits per heavy atom. The molecule has 2 aromatic rings. The van der Waals surface area contributed by atoms with Gasteiger partial charge in [0.05, 0.1) is 0 Å². The second-order valence-corrected chi connectivity index (χ2v) is 5.52. The van der Waals surface area contributed by atoms with Gasteiger partial charge >= 0.3 is 0 Å². The highest BCUT2D eigenvalue weighted by Crippen LogP contribution is 2.28. The van der Waals surface area contributed by atoms with Gasteiger partial charge in [0, 0.05) is 0 Å². The number of rotatable bonds is 7. The second-order valence-electron chi connectivity index (χ2n) is 5.52. The fourth-order valence-electron chi connectivity index (χ4n) is 2.77. The van der Waals surface area contributed by atoms with Gasteiger partial charge in [0.15, 0.2) is 0 Å². The zero-order chi connectivity index (χ0) is 14.2. The third kappa shape index (κ3) is 4.71. The monoisotopic (exact) mass is 283 g/mol. The van der Waals surface area contributed by atoms with Crippen LogP contribution >= 0.6 is 0 Å². The highest BCUT2D eigenvalue weighted by atomic mass is 14.1. The Kier molecular flexibility index (Phi) is 7.78. The first-order valence-electron chi connectivity index (χ1n) is 8.03. The van der Waals surface area contributed by atoms with Crippen molar-refractivity contribution in [2.45, 2.75) is 52.4 Å². The number of aryl methyl sites for hydroxylation is 1. The second kappa shape index (κ2) is 9.36. The van der Waals surface area contributed by atoms with Crippen molar-refractivity contribution in [1.29, 1.82) is 0 Å². The molecule has 0 aliphatic heterocycles. The smallest absolute Gasteiger partial charge is 0.0149 e. The predicted molar refractivity (Wildman–Crippen MR) is 94.1 cm³/mol. The van der Waals surface area contributed by atoms with Gasteiger partial charge in [-0.3, -0.25) is 0 Å². The van der Waals surface area contributed by atoms with Crippen LogP contribution in [0.15, 0.2) is 48.5 Å². The van der Waals surface area contributed by atoms with E-state index in [0.29, 0.717) is 0 Å². The van der Waals surface area contributed by atoms with E-state index in [9.17, 15) is 0 Å². The Morgan fingerprint density at radius 2 is 1.38 bits per heavy atom. The van der Waals surface area contributed by atoms with Crippen molar-refractivity contribution >= 4 is 0 Å². The summed E-state index contributed by atoms with van der Waals surface area (Å²) in [7, 11) is 0. The molecule has 1 nitrogen and oxygen atoms in total. The van der Waals surface area contributed by atoms with Gasteiger partial charge in [0.2, 0.25) is 0 Å². The van der Waals surface area contributed by atoms with Crippen molar-refractivity contribution < 1.29 is 0 Å². The summed E-state index contributed by atoms with van der Waals surface area (Å²) in [5.74, 6) is 0. The third-order valence-corrected chi connectivity index (χ3v) is 3.94. The van der Waals surface area contributed by atoms with Gasteiger partial charge in [0.25, 0.3) is 0 Å². The highest BCUT2D eigenvalue weighted by molar-refractivity contribution is 5.68. The normalized spacial score (nSPS) is 10.2. The van der Waals surface area contributed by atoms with E-state index in [1.54, 1.807) is 11.1 Å². The Labute approximate surface area is 130 Å². The molecule has 0 radical (unpaired) electrons. The van der Waals surface area contributed by atoms with Crippen molar-refractivity contribution in [2.24, 2.45) is 0 Å². The lowest BCUT2D eigenvalue weighted by atomic mass is 9.90. The van der Waals surface area contributed by atoms with E-state index >= 15 is 0 Å². The van der Waals surface area contributed by atoms with Gasteiger partial charge in [-0.2, -0.15) is 0 Å². The van der Waals surface area contributed by atoms with Crippen LogP contribution < -0.4 is 6.15 Å². The van der Waals surface area contributed by atoms with Gasteiger partial charge in [-0.25, -0.2) is 0 Å². The Balaban J connectivity index is 0.00000220. The van der Waals surface area contributed by atoms with Crippen molar-refractivity contribution in [3.63, 3.8) is 0 Å². The van der Waals surface area contributed by atoms with Crippen molar-refractivity contribution in [3.8, 4) is 11.1 Å². The summed E-state index contributed by atoms with van der Waals surface area (Å²) in [5.41, 5.74) is 5.93. The van der Waals surface area contributed by atoms with Crippen LogP contribution in [-0.4, -0.2) is 0 Å². The summed E-state index contributed by atoms with van der Waals surface area (Å²) >= 11 is 0. The van der Waals surface area contributed by atoms with Crippen molar-refractivity contribution in [1.82, 2.24) is 6.15 Å². The minimum atomic E-state index is 0. The van der Waals surface area contributed by atoms with E-state index in [0.717, 1.165) is 0 Å². The van der Waals surface area contributed by atoms with E-state index in [1.807, 2.05) is 0 Å². The number of hydrogen-bond donors (Lipinski definition) is 1. The number of benzene rings is 2. The molecule has 0 saturated heterocycles. The van der Waals surface area contributed by atoms with Crippen LogP contribution in [0.3, 0.4) is 0 Å². The van der Waals surface area contributed by atoms with Crippen LogP contribution in [0.25, 0.3) is 11.1 Å². The van der Waals surface area contributed by atoms with Gasteiger partial charge in [0.1, 0.15) is 0 Å². The van der Waals surface area contributed by atoms with Crippen LogP contribution in [-0.2, 0) is 12.8 Å². The Hall–Kier alpha value is -1.60. The third-order valence-electron chi connectivity index (χ3n) is 3.94. The molecule has 3 N–H and O–H groups in total. The molecule has 0 heterocycles. The maximum absolute atomic E-state index is 2.33. The largest absolute Gasteiger partial charge is 0.344 e. The molecule has 0 spiro atoms. The first-order valence-corrected chi connectivity index (χ1v) is 8.03. The summed E-state index contributed by atoms with van der Waals surface area (Å²) in [4.78, 5) is 0. The summed E-state index contributed by atoms with van der Waals surface area (Å²) in [6, 6.07) is 17.7. The summed E-state index contributed by atoms with van der Waals surface area (Å²) in [6.45, 7) is 4.55. The number of unbranched alkanes of at least 4 members (excludes halogenated alkanes) is 2. The quantitative estimate of drug-likeness (QED) is 0.645. The molecule has 2 aromatic carbocycles. The standard InChI is InChI=1S/C20H26.H3N/c1-3-5-11-17-14-10-16-20(19(17)15-6-4-2)18-12-8-7-9-13-18;/h7-10,12-14,16H,3-6,11,15H2,1-2H3;1H3. The predicted octanol–water partition coefficient (Wildman–Crippen LogP) is 6.20. The highest BCUT2D eigenvalue weighted by Gasteiger charge is 2.09. The summed E-state index contributed by atoms with van der Waals surface area (Å²) in [6.07, 6.45) is 7.52. The van der Waals surface area contributed by atoms with E-state index in [-0.39, 0.29) is 6.15 Å². The molecule has 21 heavy (non-hydrogen) atoms. The van der Waals surface area contributed by atoms with Crippen molar-refractivity contribution in [3.05, 3.63) is 59.7 Å². The molecule has 2 rings (SSSR count). The molecule has 0 fully saturated rings. The van der Waals surface area contributed by atoms with Gasteiger partial charge < -0.3 is 6.15 Å². The van der Waals surface area contributed by atoms with E-state index in [1.165, 1.54) is 49.7 Å². The van der Waals surface area contributed by atoms with Crippen LogP contribution in [0.4, 0.5) is 0 Å². The average Bonchev–Trinajstić information content (AvgIpc) is 2.52. The summed E-state index contributed by atoms with van der Waals surface area (Å²) < 4.78 is 0. The Bertz CT molecular complexity index is 517. The van der Waals surface area contributed by atoms with Gasteiger partial charge in [-0.1, -0.05) is 75.2 Å². The van der Waals surface area contributed by atoms with E-state index in [4.69, 9.17) is 0 Å². The molecular weight excluding hydrogens is 254 g/mol. The SMILES string of the molecule is CCCCc1cccc(-c2ccccc2)c1CCCC.N. The zero-order valence-corrected chi connectivity index (χ0v) is 13.6. The molecule has 0 unspecified atom stereocenters. The average molecular weight is 283 g/mol. The topological polar surface area (TPSA) is 35.0 Å². The molecule has 0 saturated carbocycles.